The first-order valence-corrected chi connectivity index (χ1v) is 11.4. The predicted molar refractivity (Wildman–Crippen MR) is 118 cm³/mol. The van der Waals surface area contributed by atoms with Gasteiger partial charge in [-0.1, -0.05) is 20.3 Å². The fraction of sp³-hybridized carbons (Fsp3) is 0.478. The molecule has 0 aliphatic heterocycles. The quantitative estimate of drug-likeness (QED) is 0.531. The number of nitrogens with one attached hydrogen (secondary N) is 1. The van der Waals surface area contributed by atoms with E-state index in [1.165, 1.54) is 10.4 Å². The van der Waals surface area contributed by atoms with Gasteiger partial charge >= 0.3 is 0 Å². The number of H-pyrrole nitrogens is 1. The molecule has 0 spiro atoms. The fourth-order valence-corrected chi connectivity index (χ4v) is 5.24. The number of aryl methyl sites for hydroxylation is 1. The number of aromatic amines is 1. The van der Waals surface area contributed by atoms with Crippen molar-refractivity contribution in [1.82, 2.24) is 9.97 Å². The van der Waals surface area contributed by atoms with E-state index in [9.17, 15) is 4.79 Å². The molecule has 0 saturated carbocycles. The highest BCUT2D eigenvalue weighted by molar-refractivity contribution is 7.18. The van der Waals surface area contributed by atoms with Crippen LogP contribution < -0.4 is 15.0 Å². The summed E-state index contributed by atoms with van der Waals surface area (Å²) in [5, 5.41) is 0.783. The summed E-state index contributed by atoms with van der Waals surface area (Å²) in [4.78, 5) is 22.9. The van der Waals surface area contributed by atoms with Crippen LogP contribution in [0.5, 0.6) is 11.5 Å². The Kier molecular flexibility index (Phi) is 5.90. The Balaban J connectivity index is 1.72. The first-order chi connectivity index (χ1) is 14.1. The normalized spacial score (nSPS) is 16.0. The van der Waals surface area contributed by atoms with E-state index in [1.54, 1.807) is 11.3 Å². The molecular formula is C23H28N2O3S. The van der Waals surface area contributed by atoms with Crippen LogP contribution in [-0.2, 0) is 12.8 Å². The highest BCUT2D eigenvalue weighted by Crippen LogP contribution is 2.37. The third-order valence-corrected chi connectivity index (χ3v) is 6.59. The standard InChI is InChI=1S/C23H28N2O3S/c1-4-6-11-28-17-10-8-15(13-18(17)27-5-2)21-24-22(26)20-16-9-7-14(3)12-19(16)29-23(20)25-21/h8,10,13-14H,4-7,9,11-12H2,1-3H3,(H,24,25,26). The van der Waals surface area contributed by atoms with Crippen LogP contribution >= 0.6 is 11.3 Å². The van der Waals surface area contributed by atoms with Gasteiger partial charge in [0.2, 0.25) is 0 Å². The van der Waals surface area contributed by atoms with E-state index in [4.69, 9.17) is 14.5 Å². The Bertz CT molecular complexity index is 1070. The second kappa shape index (κ2) is 8.57. The molecule has 1 aromatic carbocycles. The molecule has 0 saturated heterocycles. The first kappa shape index (κ1) is 20.0. The van der Waals surface area contributed by atoms with E-state index >= 15 is 0 Å². The summed E-state index contributed by atoms with van der Waals surface area (Å²) in [5.41, 5.74) is 1.99. The molecule has 3 aromatic rings. The molecule has 1 atom stereocenters. The van der Waals surface area contributed by atoms with Gasteiger partial charge in [-0.25, -0.2) is 4.98 Å². The van der Waals surface area contributed by atoms with E-state index in [2.05, 4.69) is 18.8 Å². The van der Waals surface area contributed by atoms with Crippen molar-refractivity contribution < 1.29 is 9.47 Å². The Morgan fingerprint density at radius 3 is 2.90 bits per heavy atom. The number of hydrogen-bond acceptors (Lipinski definition) is 5. The van der Waals surface area contributed by atoms with Gasteiger partial charge in [0.15, 0.2) is 11.5 Å². The third kappa shape index (κ3) is 4.04. The zero-order valence-electron chi connectivity index (χ0n) is 17.3. The fourth-order valence-electron chi connectivity index (χ4n) is 3.85. The Morgan fingerprint density at radius 1 is 1.24 bits per heavy atom. The predicted octanol–water partition coefficient (Wildman–Crippen LogP) is 5.35. The molecule has 154 valence electrons. The van der Waals surface area contributed by atoms with Gasteiger partial charge in [0.25, 0.3) is 5.56 Å². The van der Waals surface area contributed by atoms with Crippen LogP contribution in [0.2, 0.25) is 0 Å². The molecule has 2 aromatic heterocycles. The summed E-state index contributed by atoms with van der Waals surface area (Å²) in [5.74, 6) is 2.66. The number of benzene rings is 1. The summed E-state index contributed by atoms with van der Waals surface area (Å²) >= 11 is 1.67. The third-order valence-electron chi connectivity index (χ3n) is 5.44. The maximum Gasteiger partial charge on any atom is 0.260 e. The zero-order valence-corrected chi connectivity index (χ0v) is 18.2. The van der Waals surface area contributed by atoms with Crippen molar-refractivity contribution in [2.24, 2.45) is 5.92 Å². The van der Waals surface area contributed by atoms with Gasteiger partial charge in [0, 0.05) is 10.4 Å². The number of hydrogen-bond donors (Lipinski definition) is 1. The van der Waals surface area contributed by atoms with Gasteiger partial charge in [-0.3, -0.25) is 4.79 Å². The molecule has 0 amide bonds. The van der Waals surface area contributed by atoms with Gasteiger partial charge in [0.05, 0.1) is 18.6 Å². The lowest BCUT2D eigenvalue weighted by atomic mass is 9.89. The van der Waals surface area contributed by atoms with Crippen LogP contribution in [-0.4, -0.2) is 23.2 Å². The van der Waals surface area contributed by atoms with Crippen molar-refractivity contribution in [2.75, 3.05) is 13.2 Å². The number of fused-ring (bicyclic) bond motifs is 3. The van der Waals surface area contributed by atoms with E-state index < -0.39 is 0 Å². The highest BCUT2D eigenvalue weighted by atomic mass is 32.1. The molecule has 2 heterocycles. The minimum absolute atomic E-state index is 0.0433. The minimum atomic E-state index is -0.0433. The van der Waals surface area contributed by atoms with E-state index in [0.717, 1.165) is 53.6 Å². The molecule has 1 aliphatic rings. The van der Waals surface area contributed by atoms with Crippen LogP contribution in [0, 0.1) is 5.92 Å². The number of rotatable bonds is 7. The van der Waals surface area contributed by atoms with Gasteiger partial charge < -0.3 is 14.5 Å². The second-order valence-corrected chi connectivity index (χ2v) is 8.83. The SMILES string of the molecule is CCCCOc1ccc(-c2nc3sc4c(c3c(=O)[nH]2)CCC(C)C4)cc1OCC. The molecule has 0 fully saturated rings. The number of nitrogens with zero attached hydrogens (tertiary/aromatic N) is 1. The van der Waals surface area contributed by atoms with E-state index in [0.29, 0.717) is 30.7 Å². The topological polar surface area (TPSA) is 64.2 Å². The van der Waals surface area contributed by atoms with Crippen molar-refractivity contribution in [3.05, 3.63) is 39.0 Å². The Hall–Kier alpha value is -2.34. The van der Waals surface area contributed by atoms with Crippen molar-refractivity contribution in [2.45, 2.75) is 52.9 Å². The molecule has 5 nitrogen and oxygen atoms in total. The summed E-state index contributed by atoms with van der Waals surface area (Å²) in [7, 11) is 0. The largest absolute Gasteiger partial charge is 0.490 e. The van der Waals surface area contributed by atoms with Crippen LogP contribution in [0.25, 0.3) is 21.6 Å². The maximum atomic E-state index is 12.9. The summed E-state index contributed by atoms with van der Waals surface area (Å²) < 4.78 is 11.6. The van der Waals surface area contributed by atoms with Crippen molar-refractivity contribution in [3.8, 4) is 22.9 Å². The van der Waals surface area contributed by atoms with Crippen molar-refractivity contribution in [3.63, 3.8) is 0 Å². The highest BCUT2D eigenvalue weighted by Gasteiger charge is 2.23. The van der Waals surface area contributed by atoms with Gasteiger partial charge in [-0.15, -0.1) is 11.3 Å². The molecule has 0 radical (unpaired) electrons. The van der Waals surface area contributed by atoms with Crippen LogP contribution in [0.1, 0.15) is 50.5 Å². The minimum Gasteiger partial charge on any atom is -0.490 e. The van der Waals surface area contributed by atoms with Crippen molar-refractivity contribution in [1.29, 1.82) is 0 Å². The molecule has 6 heteroatoms. The maximum absolute atomic E-state index is 12.9. The molecule has 1 aliphatic carbocycles. The van der Waals surface area contributed by atoms with Gasteiger partial charge in [-0.05, 0) is 62.3 Å². The Labute approximate surface area is 175 Å². The number of unbranched alkanes of at least 4 members (excludes halogenated alkanes) is 1. The van der Waals surface area contributed by atoms with Gasteiger partial charge in [0.1, 0.15) is 10.7 Å². The lowest BCUT2D eigenvalue weighted by Crippen LogP contribution is -2.13. The van der Waals surface area contributed by atoms with E-state index in [-0.39, 0.29) is 5.56 Å². The van der Waals surface area contributed by atoms with Gasteiger partial charge in [-0.2, -0.15) is 0 Å². The molecule has 0 bridgehead atoms. The molecule has 1 unspecified atom stereocenters. The van der Waals surface area contributed by atoms with Crippen LogP contribution in [0.3, 0.4) is 0 Å². The molecule has 4 rings (SSSR count). The monoisotopic (exact) mass is 412 g/mol. The van der Waals surface area contributed by atoms with Crippen LogP contribution in [0.15, 0.2) is 23.0 Å². The molecular weight excluding hydrogens is 384 g/mol. The molecule has 1 N–H and O–H groups in total. The first-order valence-electron chi connectivity index (χ1n) is 10.5. The number of aromatic nitrogens is 2. The lowest BCUT2D eigenvalue weighted by Gasteiger charge is -2.17. The number of thiophene rings is 1. The zero-order chi connectivity index (χ0) is 20.4. The second-order valence-electron chi connectivity index (χ2n) is 7.74. The molecule has 29 heavy (non-hydrogen) atoms. The summed E-state index contributed by atoms with van der Waals surface area (Å²) in [6.07, 6.45) is 5.23. The smallest absolute Gasteiger partial charge is 0.260 e. The summed E-state index contributed by atoms with van der Waals surface area (Å²) in [6.45, 7) is 7.57. The average molecular weight is 413 g/mol. The Morgan fingerprint density at radius 2 is 2.10 bits per heavy atom. The lowest BCUT2D eigenvalue weighted by molar-refractivity contribution is 0.273. The average Bonchev–Trinajstić information content (AvgIpc) is 3.07. The van der Waals surface area contributed by atoms with Crippen LogP contribution in [0.4, 0.5) is 0 Å². The summed E-state index contributed by atoms with van der Waals surface area (Å²) in [6, 6.07) is 5.75. The van der Waals surface area contributed by atoms with Crippen molar-refractivity contribution >= 4 is 21.6 Å². The van der Waals surface area contributed by atoms with E-state index in [1.807, 2.05) is 25.1 Å². The number of ether oxygens (including phenoxy) is 2.